The first-order valence-corrected chi connectivity index (χ1v) is 7.73. The van der Waals surface area contributed by atoms with Crippen molar-refractivity contribution in [3.63, 3.8) is 0 Å². The predicted octanol–water partition coefficient (Wildman–Crippen LogP) is 2.31. The summed E-state index contributed by atoms with van der Waals surface area (Å²) < 4.78 is 0. The van der Waals surface area contributed by atoms with E-state index >= 15 is 0 Å². The van der Waals surface area contributed by atoms with Crippen LogP contribution in [-0.2, 0) is 4.79 Å². The summed E-state index contributed by atoms with van der Waals surface area (Å²) in [5, 5.41) is 3.53. The molecule has 1 amide bonds. The SMILES string of the molecule is CC1(C(=O)N(CC2CCCN2)C2CC2)CCCC1. The van der Waals surface area contributed by atoms with E-state index in [9.17, 15) is 4.79 Å². The van der Waals surface area contributed by atoms with Gasteiger partial charge in [0, 0.05) is 24.0 Å². The standard InChI is InChI=1S/C15H26N2O/c1-15(8-2-3-9-15)14(18)17(13-6-7-13)11-12-5-4-10-16-12/h12-13,16H,2-11H2,1H3. The zero-order valence-electron chi connectivity index (χ0n) is 11.6. The molecule has 1 heterocycles. The summed E-state index contributed by atoms with van der Waals surface area (Å²) in [4.78, 5) is 15.1. The fourth-order valence-electron chi connectivity index (χ4n) is 3.65. The second-order valence-electron chi connectivity index (χ2n) is 6.75. The molecule has 3 aliphatic rings. The molecule has 102 valence electrons. The molecule has 0 bridgehead atoms. The molecule has 2 saturated carbocycles. The van der Waals surface area contributed by atoms with Crippen LogP contribution in [0.5, 0.6) is 0 Å². The number of hydrogen-bond acceptors (Lipinski definition) is 2. The lowest BCUT2D eigenvalue weighted by molar-refractivity contribution is -0.142. The first-order chi connectivity index (χ1) is 8.69. The van der Waals surface area contributed by atoms with Crippen LogP contribution >= 0.6 is 0 Å². The summed E-state index contributed by atoms with van der Waals surface area (Å²) in [7, 11) is 0. The third-order valence-electron chi connectivity index (χ3n) is 5.05. The molecule has 3 rings (SSSR count). The van der Waals surface area contributed by atoms with Crippen LogP contribution in [0.2, 0.25) is 0 Å². The Hall–Kier alpha value is -0.570. The Morgan fingerprint density at radius 1 is 1.22 bits per heavy atom. The Kier molecular flexibility index (Phi) is 3.35. The Bertz CT molecular complexity index is 312. The first kappa shape index (κ1) is 12.5. The van der Waals surface area contributed by atoms with E-state index in [0.29, 0.717) is 18.0 Å². The molecule has 0 aromatic carbocycles. The number of nitrogens with zero attached hydrogens (tertiary/aromatic N) is 1. The van der Waals surface area contributed by atoms with Crippen LogP contribution in [0, 0.1) is 5.41 Å². The highest BCUT2D eigenvalue weighted by molar-refractivity contribution is 5.83. The maximum atomic E-state index is 12.8. The number of carbonyl (C=O) groups excluding carboxylic acids is 1. The van der Waals surface area contributed by atoms with Gasteiger partial charge >= 0.3 is 0 Å². The molecule has 3 fully saturated rings. The fourth-order valence-corrected chi connectivity index (χ4v) is 3.65. The van der Waals surface area contributed by atoms with Crippen molar-refractivity contribution in [2.24, 2.45) is 5.41 Å². The minimum absolute atomic E-state index is 0.0405. The summed E-state index contributed by atoms with van der Waals surface area (Å²) in [5.74, 6) is 0.455. The van der Waals surface area contributed by atoms with Gasteiger partial charge in [0.15, 0.2) is 0 Å². The number of nitrogens with one attached hydrogen (secondary N) is 1. The lowest BCUT2D eigenvalue weighted by Gasteiger charge is -2.33. The van der Waals surface area contributed by atoms with E-state index in [-0.39, 0.29) is 5.41 Å². The third-order valence-corrected chi connectivity index (χ3v) is 5.05. The summed E-state index contributed by atoms with van der Waals surface area (Å²) in [6.07, 6.45) is 9.66. The van der Waals surface area contributed by atoms with E-state index in [1.54, 1.807) is 0 Å². The van der Waals surface area contributed by atoms with E-state index in [0.717, 1.165) is 25.9 Å². The highest BCUT2D eigenvalue weighted by atomic mass is 16.2. The molecule has 0 spiro atoms. The van der Waals surface area contributed by atoms with Gasteiger partial charge < -0.3 is 10.2 Å². The molecule has 3 nitrogen and oxygen atoms in total. The van der Waals surface area contributed by atoms with Gasteiger partial charge in [0.1, 0.15) is 0 Å². The van der Waals surface area contributed by atoms with Crippen LogP contribution in [0.1, 0.15) is 58.3 Å². The van der Waals surface area contributed by atoms with Gasteiger partial charge in [-0.15, -0.1) is 0 Å². The van der Waals surface area contributed by atoms with Gasteiger partial charge in [-0.05, 0) is 45.1 Å². The van der Waals surface area contributed by atoms with Crippen LogP contribution in [-0.4, -0.2) is 36.0 Å². The second kappa shape index (κ2) is 4.84. The van der Waals surface area contributed by atoms with E-state index in [1.807, 2.05) is 0 Å². The van der Waals surface area contributed by atoms with Gasteiger partial charge in [-0.25, -0.2) is 0 Å². The first-order valence-electron chi connectivity index (χ1n) is 7.73. The van der Waals surface area contributed by atoms with Crippen molar-refractivity contribution >= 4 is 5.91 Å². The van der Waals surface area contributed by atoms with Crippen LogP contribution in [0.15, 0.2) is 0 Å². The van der Waals surface area contributed by atoms with E-state index in [1.165, 1.54) is 38.5 Å². The number of amides is 1. The van der Waals surface area contributed by atoms with Crippen LogP contribution in [0.4, 0.5) is 0 Å². The quantitative estimate of drug-likeness (QED) is 0.830. The molecule has 0 aromatic heterocycles. The van der Waals surface area contributed by atoms with Gasteiger partial charge in [-0.2, -0.15) is 0 Å². The van der Waals surface area contributed by atoms with Gasteiger partial charge in [-0.1, -0.05) is 19.8 Å². The molecule has 2 aliphatic carbocycles. The molecule has 0 aromatic rings. The van der Waals surface area contributed by atoms with Gasteiger partial charge in [0.2, 0.25) is 5.91 Å². The van der Waals surface area contributed by atoms with E-state index < -0.39 is 0 Å². The normalized spacial score (nSPS) is 30.6. The minimum atomic E-state index is -0.0405. The lowest BCUT2D eigenvalue weighted by Crippen LogP contribution is -2.47. The van der Waals surface area contributed by atoms with Crippen molar-refractivity contribution in [1.29, 1.82) is 0 Å². The largest absolute Gasteiger partial charge is 0.338 e. The average Bonchev–Trinajstić information content (AvgIpc) is 2.89. The lowest BCUT2D eigenvalue weighted by atomic mass is 9.87. The Balaban J connectivity index is 1.66. The fraction of sp³-hybridized carbons (Fsp3) is 0.933. The monoisotopic (exact) mass is 250 g/mol. The van der Waals surface area contributed by atoms with Crippen molar-refractivity contribution in [2.45, 2.75) is 70.4 Å². The predicted molar refractivity (Wildman–Crippen MR) is 72.3 cm³/mol. The molecule has 18 heavy (non-hydrogen) atoms. The average molecular weight is 250 g/mol. The van der Waals surface area contributed by atoms with Gasteiger partial charge in [-0.3, -0.25) is 4.79 Å². The third kappa shape index (κ3) is 2.42. The summed E-state index contributed by atoms with van der Waals surface area (Å²) in [6, 6.07) is 1.12. The Morgan fingerprint density at radius 2 is 1.94 bits per heavy atom. The zero-order valence-corrected chi connectivity index (χ0v) is 11.6. The molecule has 0 radical (unpaired) electrons. The van der Waals surface area contributed by atoms with E-state index in [2.05, 4.69) is 17.1 Å². The van der Waals surface area contributed by atoms with E-state index in [4.69, 9.17) is 0 Å². The molecule has 1 aliphatic heterocycles. The molecular weight excluding hydrogens is 224 g/mol. The maximum absolute atomic E-state index is 12.8. The van der Waals surface area contributed by atoms with Crippen molar-refractivity contribution in [3.05, 3.63) is 0 Å². The number of carbonyl (C=O) groups is 1. The number of rotatable bonds is 4. The maximum Gasteiger partial charge on any atom is 0.228 e. The van der Waals surface area contributed by atoms with Crippen molar-refractivity contribution < 1.29 is 4.79 Å². The molecular formula is C15H26N2O. The van der Waals surface area contributed by atoms with Crippen molar-refractivity contribution in [3.8, 4) is 0 Å². The summed E-state index contributed by atoms with van der Waals surface area (Å²) in [5.41, 5.74) is -0.0405. The molecule has 1 saturated heterocycles. The highest BCUT2D eigenvalue weighted by Crippen LogP contribution is 2.41. The van der Waals surface area contributed by atoms with Crippen molar-refractivity contribution in [1.82, 2.24) is 10.2 Å². The van der Waals surface area contributed by atoms with Crippen LogP contribution in [0.25, 0.3) is 0 Å². The zero-order chi connectivity index (χ0) is 12.6. The van der Waals surface area contributed by atoms with Crippen LogP contribution < -0.4 is 5.32 Å². The molecule has 1 unspecified atom stereocenters. The smallest absolute Gasteiger partial charge is 0.228 e. The topological polar surface area (TPSA) is 32.3 Å². The summed E-state index contributed by atoms with van der Waals surface area (Å²) in [6.45, 7) is 4.29. The highest BCUT2D eigenvalue weighted by Gasteiger charge is 2.44. The number of hydrogen-bond donors (Lipinski definition) is 1. The second-order valence-corrected chi connectivity index (χ2v) is 6.75. The summed E-state index contributed by atoms with van der Waals surface area (Å²) >= 11 is 0. The Labute approximate surface area is 110 Å². The van der Waals surface area contributed by atoms with Crippen molar-refractivity contribution in [2.75, 3.05) is 13.1 Å². The van der Waals surface area contributed by atoms with Gasteiger partial charge in [0.05, 0.1) is 0 Å². The Morgan fingerprint density at radius 3 is 2.50 bits per heavy atom. The molecule has 3 heteroatoms. The van der Waals surface area contributed by atoms with Crippen LogP contribution in [0.3, 0.4) is 0 Å². The molecule has 1 N–H and O–H groups in total. The van der Waals surface area contributed by atoms with Gasteiger partial charge in [0.25, 0.3) is 0 Å². The molecule has 1 atom stereocenters. The minimum Gasteiger partial charge on any atom is -0.338 e.